The zero-order chi connectivity index (χ0) is 12.8. The fourth-order valence-corrected chi connectivity index (χ4v) is 2.14. The summed E-state index contributed by atoms with van der Waals surface area (Å²) in [5, 5.41) is 12.5. The Hall–Kier alpha value is -1.56. The number of rotatable bonds is 5. The highest BCUT2D eigenvalue weighted by Crippen LogP contribution is 2.20. The van der Waals surface area contributed by atoms with Gasteiger partial charge in [-0.1, -0.05) is 26.7 Å². The summed E-state index contributed by atoms with van der Waals surface area (Å²) >= 11 is 0. The molecule has 3 nitrogen and oxygen atoms in total. The lowest BCUT2D eigenvalue weighted by Gasteiger charge is -2.23. The van der Waals surface area contributed by atoms with E-state index >= 15 is 0 Å². The highest BCUT2D eigenvalue weighted by molar-refractivity contribution is 5.55. The van der Waals surface area contributed by atoms with Gasteiger partial charge in [-0.15, -0.1) is 0 Å². The number of anilines is 1. The largest absolute Gasteiger partial charge is 0.366 e. The maximum Gasteiger partial charge on any atom is 0.144 e. The van der Waals surface area contributed by atoms with Crippen molar-refractivity contribution in [1.82, 2.24) is 4.98 Å². The quantitative estimate of drug-likeness (QED) is 0.843. The Labute approximate surface area is 104 Å². The molecule has 1 unspecified atom stereocenters. The number of nitrogens with zero attached hydrogens (tertiary/aromatic N) is 2. The molecule has 0 saturated carbocycles. The van der Waals surface area contributed by atoms with Crippen LogP contribution in [0.2, 0.25) is 0 Å². The average molecular weight is 231 g/mol. The van der Waals surface area contributed by atoms with Crippen LogP contribution in [0.3, 0.4) is 0 Å². The Balaban J connectivity index is 2.89. The first kappa shape index (κ1) is 13.5. The lowest BCUT2D eigenvalue weighted by molar-refractivity contribution is 0.437. The third kappa shape index (κ3) is 3.20. The Kier molecular flexibility index (Phi) is 4.96. The zero-order valence-electron chi connectivity index (χ0n) is 11.1. The Morgan fingerprint density at radius 2 is 2.06 bits per heavy atom. The second-order valence-corrected chi connectivity index (χ2v) is 4.47. The number of nitriles is 1. The van der Waals surface area contributed by atoms with E-state index in [0.29, 0.717) is 23.3 Å². The molecule has 0 aromatic carbocycles. The van der Waals surface area contributed by atoms with E-state index in [0.717, 1.165) is 18.4 Å². The summed E-state index contributed by atoms with van der Waals surface area (Å²) in [5.74, 6) is 1.33. The van der Waals surface area contributed by atoms with Crippen molar-refractivity contribution >= 4 is 5.82 Å². The van der Waals surface area contributed by atoms with E-state index in [2.05, 4.69) is 37.1 Å². The third-order valence-corrected chi connectivity index (χ3v) is 3.39. The molecule has 0 fully saturated rings. The SMILES string of the molecule is CCC(CC)C(C)Nc1nccc(C)c1C#N. The molecule has 1 aromatic rings. The maximum atomic E-state index is 9.14. The number of aryl methyl sites for hydroxylation is 1. The number of nitrogens with one attached hydrogen (secondary N) is 1. The van der Waals surface area contributed by atoms with Crippen molar-refractivity contribution in [3.05, 3.63) is 23.4 Å². The highest BCUT2D eigenvalue weighted by Gasteiger charge is 2.15. The first-order valence-electron chi connectivity index (χ1n) is 6.26. The first-order chi connectivity index (χ1) is 8.13. The van der Waals surface area contributed by atoms with Crippen LogP contribution in [0.1, 0.15) is 44.7 Å². The van der Waals surface area contributed by atoms with Gasteiger partial charge in [-0.25, -0.2) is 4.98 Å². The van der Waals surface area contributed by atoms with Crippen LogP contribution < -0.4 is 5.32 Å². The van der Waals surface area contributed by atoms with Crippen molar-refractivity contribution < 1.29 is 0 Å². The maximum absolute atomic E-state index is 9.14. The Bertz CT molecular complexity index is 402. The minimum Gasteiger partial charge on any atom is -0.366 e. The predicted molar refractivity (Wildman–Crippen MR) is 70.8 cm³/mol. The molecule has 0 bridgehead atoms. The molecule has 1 N–H and O–H groups in total. The minimum atomic E-state index is 0.339. The highest BCUT2D eigenvalue weighted by atomic mass is 15.0. The summed E-state index contributed by atoms with van der Waals surface area (Å²) in [6.07, 6.45) is 4.02. The van der Waals surface area contributed by atoms with Crippen LogP contribution in [0, 0.1) is 24.2 Å². The fourth-order valence-electron chi connectivity index (χ4n) is 2.14. The van der Waals surface area contributed by atoms with E-state index in [1.165, 1.54) is 0 Å². The molecule has 3 heteroatoms. The van der Waals surface area contributed by atoms with Crippen molar-refractivity contribution in [2.24, 2.45) is 5.92 Å². The summed E-state index contributed by atoms with van der Waals surface area (Å²) in [6.45, 7) is 8.48. The van der Waals surface area contributed by atoms with Crippen LogP contribution >= 0.6 is 0 Å². The molecule has 1 heterocycles. The summed E-state index contributed by atoms with van der Waals surface area (Å²) in [7, 11) is 0. The smallest absolute Gasteiger partial charge is 0.144 e. The summed E-state index contributed by atoms with van der Waals surface area (Å²) in [6, 6.07) is 4.43. The molecule has 1 rings (SSSR count). The lowest BCUT2D eigenvalue weighted by atomic mass is 9.95. The van der Waals surface area contributed by atoms with Crippen molar-refractivity contribution in [2.45, 2.75) is 46.6 Å². The van der Waals surface area contributed by atoms with Gasteiger partial charge in [-0.05, 0) is 31.4 Å². The van der Waals surface area contributed by atoms with Crippen LogP contribution in [0.25, 0.3) is 0 Å². The van der Waals surface area contributed by atoms with Gasteiger partial charge in [0.25, 0.3) is 0 Å². The zero-order valence-corrected chi connectivity index (χ0v) is 11.1. The van der Waals surface area contributed by atoms with Gasteiger partial charge >= 0.3 is 0 Å². The molecule has 0 aliphatic rings. The Morgan fingerprint density at radius 3 is 2.59 bits per heavy atom. The van der Waals surface area contributed by atoms with Gasteiger partial charge in [-0.2, -0.15) is 5.26 Å². The second-order valence-electron chi connectivity index (χ2n) is 4.47. The molecular formula is C14H21N3. The van der Waals surface area contributed by atoms with E-state index in [1.54, 1.807) is 6.20 Å². The van der Waals surface area contributed by atoms with Gasteiger partial charge in [0.15, 0.2) is 0 Å². The van der Waals surface area contributed by atoms with Crippen LogP contribution in [-0.4, -0.2) is 11.0 Å². The van der Waals surface area contributed by atoms with Crippen LogP contribution in [0.5, 0.6) is 0 Å². The van der Waals surface area contributed by atoms with Crippen LogP contribution in [-0.2, 0) is 0 Å². The van der Waals surface area contributed by atoms with Crippen LogP contribution in [0.4, 0.5) is 5.82 Å². The molecule has 0 aliphatic carbocycles. The summed E-state index contributed by atoms with van der Waals surface area (Å²) < 4.78 is 0. The first-order valence-corrected chi connectivity index (χ1v) is 6.26. The van der Waals surface area contributed by atoms with Crippen LogP contribution in [0.15, 0.2) is 12.3 Å². The number of pyridine rings is 1. The molecule has 1 atom stereocenters. The van der Waals surface area contributed by atoms with Crippen molar-refractivity contribution in [1.29, 1.82) is 5.26 Å². The molecule has 0 spiro atoms. The summed E-state index contributed by atoms with van der Waals surface area (Å²) in [4.78, 5) is 4.27. The number of hydrogen-bond acceptors (Lipinski definition) is 3. The van der Waals surface area contributed by atoms with Crippen molar-refractivity contribution in [3.63, 3.8) is 0 Å². The molecule has 1 aromatic heterocycles. The molecule has 0 saturated heterocycles. The lowest BCUT2D eigenvalue weighted by Crippen LogP contribution is -2.26. The molecule has 92 valence electrons. The van der Waals surface area contributed by atoms with Gasteiger partial charge in [-0.3, -0.25) is 0 Å². The van der Waals surface area contributed by atoms with Gasteiger partial charge in [0.2, 0.25) is 0 Å². The summed E-state index contributed by atoms with van der Waals surface area (Å²) in [5.41, 5.74) is 1.63. The van der Waals surface area contributed by atoms with E-state index < -0.39 is 0 Å². The third-order valence-electron chi connectivity index (χ3n) is 3.39. The van der Waals surface area contributed by atoms with Crippen molar-refractivity contribution in [2.75, 3.05) is 5.32 Å². The van der Waals surface area contributed by atoms with E-state index in [4.69, 9.17) is 5.26 Å². The molecule has 0 radical (unpaired) electrons. The van der Waals surface area contributed by atoms with Gasteiger partial charge in [0, 0.05) is 12.2 Å². The number of hydrogen-bond donors (Lipinski definition) is 1. The number of aromatic nitrogens is 1. The Morgan fingerprint density at radius 1 is 1.41 bits per heavy atom. The monoisotopic (exact) mass is 231 g/mol. The molecule has 0 amide bonds. The topological polar surface area (TPSA) is 48.7 Å². The van der Waals surface area contributed by atoms with E-state index in [1.807, 2.05) is 13.0 Å². The fraction of sp³-hybridized carbons (Fsp3) is 0.571. The normalized spacial score (nSPS) is 12.2. The van der Waals surface area contributed by atoms with E-state index in [9.17, 15) is 0 Å². The van der Waals surface area contributed by atoms with E-state index in [-0.39, 0.29) is 0 Å². The standard InChI is InChI=1S/C14H21N3/c1-5-12(6-2)11(4)17-14-13(9-15)10(3)7-8-16-14/h7-8,11-12H,5-6H2,1-4H3,(H,16,17). The predicted octanol–water partition coefficient (Wildman–Crippen LogP) is 3.50. The molecule has 17 heavy (non-hydrogen) atoms. The molecular weight excluding hydrogens is 210 g/mol. The minimum absolute atomic E-state index is 0.339. The molecule has 0 aliphatic heterocycles. The van der Waals surface area contributed by atoms with Gasteiger partial charge in [0.1, 0.15) is 11.9 Å². The second kappa shape index (κ2) is 6.24. The van der Waals surface area contributed by atoms with Gasteiger partial charge < -0.3 is 5.32 Å². The van der Waals surface area contributed by atoms with Crippen molar-refractivity contribution in [3.8, 4) is 6.07 Å². The average Bonchev–Trinajstić information content (AvgIpc) is 2.31. The van der Waals surface area contributed by atoms with Gasteiger partial charge in [0.05, 0.1) is 5.56 Å².